The van der Waals surface area contributed by atoms with Crippen LogP contribution in [0.4, 0.5) is 0 Å². The number of thioether (sulfide) groups is 2. The van der Waals surface area contributed by atoms with Gasteiger partial charge in [-0.1, -0.05) is 30.3 Å². The van der Waals surface area contributed by atoms with Crippen molar-refractivity contribution in [2.24, 2.45) is 0 Å². The van der Waals surface area contributed by atoms with Gasteiger partial charge in [-0.15, -0.1) is 23.5 Å². The zero-order chi connectivity index (χ0) is 16.4. The molecule has 0 aliphatic heterocycles. The number of hydrogen-bond acceptors (Lipinski definition) is 5. The summed E-state index contributed by atoms with van der Waals surface area (Å²) in [5, 5.41) is 18.7. The van der Waals surface area contributed by atoms with E-state index in [1.54, 1.807) is 23.5 Å². The molecule has 0 heterocycles. The average molecular weight is 330 g/mol. The largest absolute Gasteiger partial charge is 0.377 e. The molecule has 0 spiro atoms. The maximum atomic E-state index is 9.35. The van der Waals surface area contributed by atoms with Crippen LogP contribution in [0.2, 0.25) is 0 Å². The molecule has 1 rings (SSSR count). The topological polar surface area (TPSA) is 56.8 Å². The summed E-state index contributed by atoms with van der Waals surface area (Å²) in [5.41, 5.74) is 2.53. The molecule has 0 unspecified atom stereocenters. The lowest BCUT2D eigenvalue weighted by Gasteiger charge is -2.16. The fraction of sp³-hybridized carbons (Fsp3) is 0.294. The number of nitriles is 2. The Hall–Kier alpha value is -1.66. The summed E-state index contributed by atoms with van der Waals surface area (Å²) in [5.74, 6) is 0. The molecule has 0 N–H and O–H groups in total. The molecule has 0 amide bonds. The van der Waals surface area contributed by atoms with Crippen LogP contribution < -0.4 is 0 Å². The van der Waals surface area contributed by atoms with Gasteiger partial charge in [-0.3, -0.25) is 0 Å². The zero-order valence-corrected chi connectivity index (χ0v) is 14.6. The lowest BCUT2D eigenvalue weighted by Crippen LogP contribution is -2.04. The van der Waals surface area contributed by atoms with E-state index in [2.05, 4.69) is 0 Å². The molecule has 0 aromatic heterocycles. The second-order valence-electron chi connectivity index (χ2n) is 4.15. The number of rotatable bonds is 7. The van der Waals surface area contributed by atoms with E-state index in [9.17, 15) is 10.5 Å². The Labute approximate surface area is 140 Å². The Bertz CT molecular complexity index is 615. The summed E-state index contributed by atoms with van der Waals surface area (Å²) >= 11 is 3.20. The maximum absolute atomic E-state index is 9.35. The summed E-state index contributed by atoms with van der Waals surface area (Å²) in [6.45, 7) is 2.89. The zero-order valence-electron chi connectivity index (χ0n) is 12.9. The van der Waals surface area contributed by atoms with Crippen molar-refractivity contribution in [1.82, 2.24) is 0 Å². The molecule has 0 aliphatic rings. The SMILES string of the molecule is CCOCC(=C(SC)SC)C(=C(C#N)C#N)c1ccccc1. The summed E-state index contributed by atoms with van der Waals surface area (Å²) in [4.78, 5) is 0. The molecule has 0 radical (unpaired) electrons. The first kappa shape index (κ1) is 18.4. The van der Waals surface area contributed by atoms with Crippen molar-refractivity contribution in [3.05, 3.63) is 51.3 Å². The van der Waals surface area contributed by atoms with Gasteiger partial charge in [0, 0.05) is 22.0 Å². The van der Waals surface area contributed by atoms with E-state index < -0.39 is 0 Å². The molecule has 0 bridgehead atoms. The minimum atomic E-state index is 0.113. The van der Waals surface area contributed by atoms with Crippen LogP contribution in [0.5, 0.6) is 0 Å². The summed E-state index contributed by atoms with van der Waals surface area (Å²) in [7, 11) is 0. The average Bonchev–Trinajstić information content (AvgIpc) is 2.57. The van der Waals surface area contributed by atoms with E-state index in [1.165, 1.54) is 0 Å². The predicted octanol–water partition coefficient (Wildman–Crippen LogP) is 4.46. The van der Waals surface area contributed by atoms with Crippen molar-refractivity contribution in [3.8, 4) is 12.1 Å². The van der Waals surface area contributed by atoms with Crippen LogP contribution in [-0.2, 0) is 4.74 Å². The number of nitrogens with zero attached hydrogens (tertiary/aromatic N) is 2. The van der Waals surface area contributed by atoms with Crippen molar-refractivity contribution in [1.29, 1.82) is 10.5 Å². The van der Waals surface area contributed by atoms with Crippen LogP contribution in [0.3, 0.4) is 0 Å². The molecular weight excluding hydrogens is 312 g/mol. The van der Waals surface area contributed by atoms with Crippen molar-refractivity contribution in [3.63, 3.8) is 0 Å². The van der Waals surface area contributed by atoms with Gasteiger partial charge in [-0.05, 0) is 25.0 Å². The summed E-state index contributed by atoms with van der Waals surface area (Å²) in [6.07, 6.45) is 3.97. The number of ether oxygens (including phenoxy) is 1. The number of hydrogen-bond donors (Lipinski definition) is 0. The van der Waals surface area contributed by atoms with Crippen LogP contribution in [0.15, 0.2) is 45.7 Å². The molecule has 3 nitrogen and oxygen atoms in total. The van der Waals surface area contributed by atoms with E-state index in [4.69, 9.17) is 4.74 Å². The van der Waals surface area contributed by atoms with Crippen LogP contribution in [0.1, 0.15) is 12.5 Å². The normalized spacial score (nSPS) is 9.50. The summed E-state index contributed by atoms with van der Waals surface area (Å²) in [6, 6.07) is 13.6. The quantitative estimate of drug-likeness (QED) is 0.545. The molecule has 5 heteroatoms. The monoisotopic (exact) mass is 330 g/mol. The molecule has 0 saturated heterocycles. The smallest absolute Gasteiger partial charge is 0.137 e. The second kappa shape index (κ2) is 10.1. The van der Waals surface area contributed by atoms with Gasteiger partial charge in [0.2, 0.25) is 0 Å². The van der Waals surface area contributed by atoms with E-state index in [0.29, 0.717) is 18.8 Å². The van der Waals surface area contributed by atoms with E-state index in [0.717, 1.165) is 15.4 Å². The fourth-order valence-electron chi connectivity index (χ4n) is 1.98. The third-order valence-electron chi connectivity index (χ3n) is 2.91. The lowest BCUT2D eigenvalue weighted by atomic mass is 9.95. The molecular formula is C17H18N2OS2. The Morgan fingerprint density at radius 1 is 1.09 bits per heavy atom. The van der Waals surface area contributed by atoms with Gasteiger partial charge >= 0.3 is 0 Å². The van der Waals surface area contributed by atoms with E-state index >= 15 is 0 Å². The highest BCUT2D eigenvalue weighted by molar-refractivity contribution is 8.21. The van der Waals surface area contributed by atoms with Crippen molar-refractivity contribution < 1.29 is 4.74 Å². The van der Waals surface area contributed by atoms with Crippen molar-refractivity contribution in [2.75, 3.05) is 25.7 Å². The summed E-state index contributed by atoms with van der Waals surface area (Å²) < 4.78 is 6.64. The molecule has 22 heavy (non-hydrogen) atoms. The third-order valence-corrected chi connectivity index (χ3v) is 5.14. The molecule has 0 saturated carbocycles. The standard InChI is InChI=1S/C17H18N2OS2/c1-4-20-12-15(17(21-2)22-3)16(14(10-18)11-19)13-8-6-5-7-9-13/h5-9H,4,12H2,1-3H3. The minimum absolute atomic E-state index is 0.113. The first-order valence-electron chi connectivity index (χ1n) is 6.72. The van der Waals surface area contributed by atoms with Gasteiger partial charge in [-0.2, -0.15) is 10.5 Å². The van der Waals surface area contributed by atoms with Crippen LogP contribution in [0.25, 0.3) is 5.57 Å². The van der Waals surface area contributed by atoms with Gasteiger partial charge in [0.25, 0.3) is 0 Å². The highest BCUT2D eigenvalue weighted by Gasteiger charge is 2.18. The highest BCUT2D eigenvalue weighted by atomic mass is 32.2. The number of allylic oxidation sites excluding steroid dienone is 1. The predicted molar refractivity (Wildman–Crippen MR) is 95.1 cm³/mol. The maximum Gasteiger partial charge on any atom is 0.137 e. The molecule has 0 atom stereocenters. The Morgan fingerprint density at radius 3 is 2.14 bits per heavy atom. The van der Waals surface area contributed by atoms with Gasteiger partial charge in [0.05, 0.1) is 6.61 Å². The van der Waals surface area contributed by atoms with Crippen molar-refractivity contribution >= 4 is 29.1 Å². The van der Waals surface area contributed by atoms with Gasteiger partial charge in [0.1, 0.15) is 17.7 Å². The third kappa shape index (κ3) is 4.68. The van der Waals surface area contributed by atoms with Gasteiger partial charge in [-0.25, -0.2) is 0 Å². The molecule has 1 aromatic carbocycles. The molecule has 1 aromatic rings. The Balaban J connectivity index is 3.61. The first-order chi connectivity index (χ1) is 10.7. The lowest BCUT2D eigenvalue weighted by molar-refractivity contribution is 0.173. The van der Waals surface area contributed by atoms with Crippen molar-refractivity contribution in [2.45, 2.75) is 6.92 Å². The number of benzene rings is 1. The second-order valence-corrected chi connectivity index (χ2v) is 6.04. The molecule has 0 fully saturated rings. The van der Waals surface area contributed by atoms with Gasteiger partial charge in [0.15, 0.2) is 0 Å². The molecule has 0 aliphatic carbocycles. The van der Waals surface area contributed by atoms with Crippen LogP contribution in [-0.4, -0.2) is 25.7 Å². The Kier molecular flexibility index (Phi) is 8.47. The first-order valence-corrected chi connectivity index (χ1v) is 9.17. The van der Waals surface area contributed by atoms with E-state index in [-0.39, 0.29) is 5.57 Å². The van der Waals surface area contributed by atoms with Crippen LogP contribution >= 0.6 is 23.5 Å². The van der Waals surface area contributed by atoms with Crippen LogP contribution in [0, 0.1) is 22.7 Å². The van der Waals surface area contributed by atoms with Gasteiger partial charge < -0.3 is 4.74 Å². The Morgan fingerprint density at radius 2 is 1.68 bits per heavy atom. The molecule has 114 valence electrons. The highest BCUT2D eigenvalue weighted by Crippen LogP contribution is 2.37. The van der Waals surface area contributed by atoms with E-state index in [1.807, 2.05) is 61.9 Å². The fourth-order valence-corrected chi connectivity index (χ4v) is 3.46. The minimum Gasteiger partial charge on any atom is -0.377 e.